The van der Waals surface area contributed by atoms with Gasteiger partial charge < -0.3 is 10.1 Å². The lowest BCUT2D eigenvalue weighted by atomic mass is 9.94. The van der Waals surface area contributed by atoms with Crippen molar-refractivity contribution in [1.82, 2.24) is 5.32 Å². The summed E-state index contributed by atoms with van der Waals surface area (Å²) in [5.41, 5.74) is 2.60. The zero-order chi connectivity index (χ0) is 12.1. The predicted octanol–water partition coefficient (Wildman–Crippen LogP) is 3.31. The fourth-order valence-corrected chi connectivity index (χ4v) is 3.24. The van der Waals surface area contributed by atoms with Crippen LogP contribution in [0.4, 0.5) is 0 Å². The number of hydrogen-bond acceptors (Lipinski definition) is 3. The summed E-state index contributed by atoms with van der Waals surface area (Å²) in [6.07, 6.45) is 3.82. The first-order valence-electron chi connectivity index (χ1n) is 6.29. The monoisotopic (exact) mass is 251 g/mol. The summed E-state index contributed by atoms with van der Waals surface area (Å²) < 4.78 is 5.50. The molecule has 0 aliphatic heterocycles. The second-order valence-electron chi connectivity index (χ2n) is 4.71. The highest BCUT2D eigenvalue weighted by atomic mass is 32.1. The number of rotatable bonds is 6. The van der Waals surface area contributed by atoms with Gasteiger partial charge in [0, 0.05) is 17.5 Å². The second-order valence-corrected chi connectivity index (χ2v) is 5.71. The second kappa shape index (κ2) is 6.34. The van der Waals surface area contributed by atoms with Gasteiger partial charge in [-0.25, -0.2) is 0 Å². The largest absolute Gasteiger partial charge is 0.376 e. The van der Waals surface area contributed by atoms with Crippen molar-refractivity contribution in [2.24, 2.45) is 0 Å². The van der Waals surface area contributed by atoms with Gasteiger partial charge in [-0.1, -0.05) is 12.2 Å². The van der Waals surface area contributed by atoms with Crippen LogP contribution in [0.25, 0.3) is 0 Å². The molecule has 0 saturated heterocycles. The first-order valence-corrected chi connectivity index (χ1v) is 7.17. The SMILES string of the molecule is C=C(C)COCCNC1CCCc2sccc21. The molecule has 1 aliphatic carbocycles. The van der Waals surface area contributed by atoms with E-state index in [0.717, 1.165) is 18.7 Å². The summed E-state index contributed by atoms with van der Waals surface area (Å²) in [7, 11) is 0. The average molecular weight is 251 g/mol. The molecular formula is C14H21NOS. The fraction of sp³-hybridized carbons (Fsp3) is 0.571. The summed E-state index contributed by atoms with van der Waals surface area (Å²) in [6, 6.07) is 2.81. The Labute approximate surface area is 108 Å². The Hall–Kier alpha value is -0.640. The number of nitrogens with one attached hydrogen (secondary N) is 1. The van der Waals surface area contributed by atoms with Crippen LogP contribution in [0.5, 0.6) is 0 Å². The minimum Gasteiger partial charge on any atom is -0.376 e. The van der Waals surface area contributed by atoms with Crippen LogP contribution in [0, 0.1) is 0 Å². The molecule has 1 N–H and O–H groups in total. The van der Waals surface area contributed by atoms with Crippen LogP contribution in [-0.4, -0.2) is 19.8 Å². The molecule has 1 unspecified atom stereocenters. The Bertz CT molecular complexity index is 372. The standard InChI is InChI=1S/C14H21NOS/c1-11(2)10-16-8-7-15-13-4-3-5-14-12(13)6-9-17-14/h6,9,13,15H,1,3-5,7-8,10H2,2H3. The summed E-state index contributed by atoms with van der Waals surface area (Å²) in [6.45, 7) is 8.18. The number of thiophene rings is 1. The Balaban J connectivity index is 1.72. The molecule has 0 fully saturated rings. The van der Waals surface area contributed by atoms with Gasteiger partial charge in [0.25, 0.3) is 0 Å². The van der Waals surface area contributed by atoms with Crippen molar-refractivity contribution in [3.63, 3.8) is 0 Å². The predicted molar refractivity (Wildman–Crippen MR) is 73.6 cm³/mol. The number of fused-ring (bicyclic) bond motifs is 1. The fourth-order valence-electron chi connectivity index (χ4n) is 2.25. The van der Waals surface area contributed by atoms with E-state index in [9.17, 15) is 0 Å². The Morgan fingerprint density at radius 3 is 3.35 bits per heavy atom. The molecule has 17 heavy (non-hydrogen) atoms. The van der Waals surface area contributed by atoms with Crippen molar-refractivity contribution >= 4 is 11.3 Å². The van der Waals surface area contributed by atoms with E-state index in [2.05, 4.69) is 23.3 Å². The number of ether oxygens (including phenoxy) is 1. The van der Waals surface area contributed by atoms with Crippen molar-refractivity contribution in [1.29, 1.82) is 0 Å². The highest BCUT2D eigenvalue weighted by Gasteiger charge is 2.20. The summed E-state index contributed by atoms with van der Waals surface area (Å²) in [5, 5.41) is 5.80. The zero-order valence-corrected chi connectivity index (χ0v) is 11.3. The molecule has 1 aliphatic rings. The van der Waals surface area contributed by atoms with Crippen LogP contribution >= 0.6 is 11.3 Å². The Morgan fingerprint density at radius 2 is 2.53 bits per heavy atom. The van der Waals surface area contributed by atoms with E-state index < -0.39 is 0 Å². The molecule has 0 radical (unpaired) electrons. The van der Waals surface area contributed by atoms with E-state index in [1.807, 2.05) is 18.3 Å². The van der Waals surface area contributed by atoms with Crippen LogP contribution in [-0.2, 0) is 11.2 Å². The molecule has 94 valence electrons. The van der Waals surface area contributed by atoms with Gasteiger partial charge >= 0.3 is 0 Å². The lowest BCUT2D eigenvalue weighted by Gasteiger charge is -2.23. The molecule has 0 spiro atoms. The molecule has 2 nitrogen and oxygen atoms in total. The van der Waals surface area contributed by atoms with Gasteiger partial charge in [0.15, 0.2) is 0 Å². The number of hydrogen-bond donors (Lipinski definition) is 1. The van der Waals surface area contributed by atoms with Crippen LogP contribution < -0.4 is 5.32 Å². The van der Waals surface area contributed by atoms with Crippen molar-refractivity contribution in [3.8, 4) is 0 Å². The molecule has 1 aromatic rings. The molecule has 0 saturated carbocycles. The van der Waals surface area contributed by atoms with E-state index >= 15 is 0 Å². The van der Waals surface area contributed by atoms with Gasteiger partial charge in [0.2, 0.25) is 0 Å². The van der Waals surface area contributed by atoms with Gasteiger partial charge in [0.05, 0.1) is 13.2 Å². The third-order valence-corrected chi connectivity index (χ3v) is 4.03. The third-order valence-electron chi connectivity index (χ3n) is 3.04. The summed E-state index contributed by atoms with van der Waals surface area (Å²) in [4.78, 5) is 1.57. The third kappa shape index (κ3) is 3.66. The maximum absolute atomic E-state index is 5.50. The molecule has 2 rings (SSSR count). The van der Waals surface area contributed by atoms with Gasteiger partial charge in [-0.05, 0) is 43.2 Å². The van der Waals surface area contributed by atoms with E-state index in [-0.39, 0.29) is 0 Å². The van der Waals surface area contributed by atoms with Crippen molar-refractivity contribution < 1.29 is 4.74 Å². The number of aryl methyl sites for hydroxylation is 1. The van der Waals surface area contributed by atoms with Crippen molar-refractivity contribution in [2.45, 2.75) is 32.2 Å². The van der Waals surface area contributed by atoms with E-state index in [4.69, 9.17) is 4.74 Å². The quantitative estimate of drug-likeness (QED) is 0.618. The molecule has 0 aromatic carbocycles. The minimum atomic E-state index is 0.540. The van der Waals surface area contributed by atoms with Gasteiger partial charge in [-0.15, -0.1) is 11.3 Å². The smallest absolute Gasteiger partial charge is 0.0672 e. The van der Waals surface area contributed by atoms with Gasteiger partial charge in [-0.2, -0.15) is 0 Å². The highest BCUT2D eigenvalue weighted by Crippen LogP contribution is 2.32. The van der Waals surface area contributed by atoms with E-state index in [1.54, 1.807) is 4.88 Å². The maximum atomic E-state index is 5.50. The molecule has 1 aromatic heterocycles. The normalized spacial score (nSPS) is 19.0. The molecule has 0 bridgehead atoms. The molecular weight excluding hydrogens is 230 g/mol. The lowest BCUT2D eigenvalue weighted by molar-refractivity contribution is 0.154. The van der Waals surface area contributed by atoms with Gasteiger partial charge in [-0.3, -0.25) is 0 Å². The minimum absolute atomic E-state index is 0.540. The molecule has 0 amide bonds. The maximum Gasteiger partial charge on any atom is 0.0672 e. The van der Waals surface area contributed by atoms with E-state index in [1.165, 1.54) is 24.8 Å². The molecule has 1 heterocycles. The van der Waals surface area contributed by atoms with Crippen LogP contribution in [0.3, 0.4) is 0 Å². The van der Waals surface area contributed by atoms with Crippen LogP contribution in [0.15, 0.2) is 23.6 Å². The molecule has 3 heteroatoms. The first-order chi connectivity index (χ1) is 8.27. The molecule has 1 atom stereocenters. The topological polar surface area (TPSA) is 21.3 Å². The van der Waals surface area contributed by atoms with E-state index in [0.29, 0.717) is 12.6 Å². The van der Waals surface area contributed by atoms with Crippen molar-refractivity contribution in [3.05, 3.63) is 34.0 Å². The van der Waals surface area contributed by atoms with Gasteiger partial charge in [0.1, 0.15) is 0 Å². The Morgan fingerprint density at radius 1 is 1.65 bits per heavy atom. The zero-order valence-electron chi connectivity index (χ0n) is 10.5. The van der Waals surface area contributed by atoms with Crippen LogP contribution in [0.2, 0.25) is 0 Å². The summed E-state index contributed by atoms with van der Waals surface area (Å²) in [5.74, 6) is 0. The average Bonchev–Trinajstić information content (AvgIpc) is 2.77. The lowest BCUT2D eigenvalue weighted by Crippen LogP contribution is -2.27. The van der Waals surface area contributed by atoms with Crippen LogP contribution in [0.1, 0.15) is 36.2 Å². The summed E-state index contributed by atoms with van der Waals surface area (Å²) >= 11 is 1.89. The Kier molecular flexibility index (Phi) is 4.77. The highest BCUT2D eigenvalue weighted by molar-refractivity contribution is 7.10. The van der Waals surface area contributed by atoms with Crippen molar-refractivity contribution in [2.75, 3.05) is 19.8 Å². The first kappa shape index (κ1) is 12.8.